The van der Waals surface area contributed by atoms with Gasteiger partial charge < -0.3 is 19.7 Å². The predicted molar refractivity (Wildman–Crippen MR) is 120 cm³/mol. The third kappa shape index (κ3) is 6.17. The summed E-state index contributed by atoms with van der Waals surface area (Å²) in [7, 11) is 0. The normalized spacial score (nSPS) is 13.8. The van der Waals surface area contributed by atoms with Crippen LogP contribution in [0, 0.1) is 0 Å². The van der Waals surface area contributed by atoms with Gasteiger partial charge in [-0.1, -0.05) is 11.8 Å². The highest BCUT2D eigenvalue weighted by Crippen LogP contribution is 2.31. The molecular formula is C20H26N4O3S2. The molecule has 0 atom stereocenters. The lowest BCUT2D eigenvalue weighted by molar-refractivity contribution is -0.113. The number of hydrogen-bond donors (Lipinski definition) is 1. The Labute approximate surface area is 180 Å². The van der Waals surface area contributed by atoms with Crippen molar-refractivity contribution in [2.24, 2.45) is 0 Å². The lowest BCUT2D eigenvalue weighted by Gasteiger charge is -2.28. The molecule has 2 heterocycles. The van der Waals surface area contributed by atoms with E-state index in [1.165, 1.54) is 11.8 Å². The molecule has 29 heavy (non-hydrogen) atoms. The second kappa shape index (κ2) is 11.2. The molecule has 0 saturated carbocycles. The van der Waals surface area contributed by atoms with E-state index in [0.29, 0.717) is 30.4 Å². The standard InChI is InChI=1S/C20H26N4O3S2/c1-3-26-15-5-6-17(27-4-2)16(13-15)23-18(25)14-29-20-19(21-7-8-22-20)24-9-11-28-12-10-24/h5-8,13H,3-4,9-12,14H2,1-2H3,(H,23,25). The second-order valence-corrected chi connectivity index (χ2v) is 8.33. The molecule has 1 saturated heterocycles. The van der Waals surface area contributed by atoms with Crippen molar-refractivity contribution in [3.05, 3.63) is 30.6 Å². The smallest absolute Gasteiger partial charge is 0.234 e. The summed E-state index contributed by atoms with van der Waals surface area (Å²) < 4.78 is 11.2. The predicted octanol–water partition coefficient (Wildman–Crippen LogP) is 3.56. The van der Waals surface area contributed by atoms with Gasteiger partial charge in [-0.25, -0.2) is 9.97 Å². The minimum atomic E-state index is -0.129. The molecule has 1 aliphatic rings. The van der Waals surface area contributed by atoms with Crippen molar-refractivity contribution in [2.75, 3.05) is 53.8 Å². The summed E-state index contributed by atoms with van der Waals surface area (Å²) in [5.41, 5.74) is 0.607. The van der Waals surface area contributed by atoms with Crippen molar-refractivity contribution in [1.82, 2.24) is 9.97 Å². The Morgan fingerprint density at radius 3 is 2.69 bits per heavy atom. The minimum absolute atomic E-state index is 0.129. The number of anilines is 2. The molecule has 9 heteroatoms. The molecule has 3 rings (SSSR count). The minimum Gasteiger partial charge on any atom is -0.494 e. The van der Waals surface area contributed by atoms with Crippen molar-refractivity contribution >= 4 is 40.9 Å². The molecule has 1 aromatic carbocycles. The van der Waals surface area contributed by atoms with Gasteiger partial charge >= 0.3 is 0 Å². The number of thioether (sulfide) groups is 2. The summed E-state index contributed by atoms with van der Waals surface area (Å²) in [6, 6.07) is 5.43. The Hall–Kier alpha value is -2.13. The van der Waals surface area contributed by atoms with E-state index in [1.807, 2.05) is 37.7 Å². The van der Waals surface area contributed by atoms with Crippen LogP contribution in [0.3, 0.4) is 0 Å². The molecule has 0 unspecified atom stereocenters. The Balaban J connectivity index is 1.65. The maximum Gasteiger partial charge on any atom is 0.234 e. The number of carbonyl (C=O) groups excluding carboxylic acids is 1. The van der Waals surface area contributed by atoms with Crippen molar-refractivity contribution in [2.45, 2.75) is 18.9 Å². The first-order valence-electron chi connectivity index (χ1n) is 9.67. The van der Waals surface area contributed by atoms with Crippen LogP contribution >= 0.6 is 23.5 Å². The van der Waals surface area contributed by atoms with Crippen LogP contribution in [0.15, 0.2) is 35.6 Å². The monoisotopic (exact) mass is 434 g/mol. The van der Waals surface area contributed by atoms with Gasteiger partial charge in [-0.3, -0.25) is 4.79 Å². The third-order valence-corrected chi connectivity index (χ3v) is 6.04. The van der Waals surface area contributed by atoms with E-state index in [0.717, 1.165) is 35.4 Å². The average Bonchev–Trinajstić information content (AvgIpc) is 2.75. The number of rotatable bonds is 9. The first-order chi connectivity index (χ1) is 14.2. The zero-order valence-electron chi connectivity index (χ0n) is 16.7. The summed E-state index contributed by atoms with van der Waals surface area (Å²) in [6.07, 6.45) is 3.37. The fourth-order valence-corrected chi connectivity index (χ4v) is 4.57. The highest BCUT2D eigenvalue weighted by molar-refractivity contribution is 8.00. The van der Waals surface area contributed by atoms with Gasteiger partial charge in [0.25, 0.3) is 0 Å². The zero-order chi connectivity index (χ0) is 20.5. The summed E-state index contributed by atoms with van der Waals surface area (Å²) in [5.74, 6) is 4.45. The molecule has 1 N–H and O–H groups in total. The Kier molecular flexibility index (Phi) is 8.30. The summed E-state index contributed by atoms with van der Waals surface area (Å²) in [6.45, 7) is 6.80. The Morgan fingerprint density at radius 1 is 1.17 bits per heavy atom. The Morgan fingerprint density at radius 2 is 1.93 bits per heavy atom. The average molecular weight is 435 g/mol. The molecule has 0 spiro atoms. The third-order valence-electron chi connectivity index (χ3n) is 4.13. The first-order valence-corrected chi connectivity index (χ1v) is 11.8. The maximum atomic E-state index is 12.6. The molecule has 1 aliphatic heterocycles. The molecule has 0 bridgehead atoms. The number of nitrogens with zero attached hydrogens (tertiary/aromatic N) is 3. The van der Waals surface area contributed by atoms with E-state index in [9.17, 15) is 4.79 Å². The molecule has 7 nitrogen and oxygen atoms in total. The van der Waals surface area contributed by atoms with E-state index in [2.05, 4.69) is 20.2 Å². The van der Waals surface area contributed by atoms with Gasteiger partial charge in [0, 0.05) is 43.1 Å². The molecular weight excluding hydrogens is 408 g/mol. The summed E-state index contributed by atoms with van der Waals surface area (Å²) in [4.78, 5) is 23.8. The lowest BCUT2D eigenvalue weighted by atomic mass is 10.2. The van der Waals surface area contributed by atoms with Gasteiger partial charge in [0.2, 0.25) is 5.91 Å². The van der Waals surface area contributed by atoms with Crippen molar-refractivity contribution in [3.8, 4) is 11.5 Å². The number of hydrogen-bond acceptors (Lipinski definition) is 8. The molecule has 0 aliphatic carbocycles. The van der Waals surface area contributed by atoms with Gasteiger partial charge in [0.05, 0.1) is 24.7 Å². The molecule has 1 amide bonds. The zero-order valence-corrected chi connectivity index (χ0v) is 18.4. The van der Waals surface area contributed by atoms with E-state index >= 15 is 0 Å². The summed E-state index contributed by atoms with van der Waals surface area (Å²) >= 11 is 3.34. The number of aromatic nitrogens is 2. The molecule has 1 aromatic heterocycles. The highest BCUT2D eigenvalue weighted by Gasteiger charge is 2.18. The number of amides is 1. The van der Waals surface area contributed by atoms with Gasteiger partial charge in [-0.2, -0.15) is 11.8 Å². The number of ether oxygens (including phenoxy) is 2. The van der Waals surface area contributed by atoms with Crippen LogP contribution in [0.1, 0.15) is 13.8 Å². The van der Waals surface area contributed by atoms with Crippen LogP contribution < -0.4 is 19.7 Å². The van der Waals surface area contributed by atoms with Gasteiger partial charge in [0.15, 0.2) is 5.82 Å². The van der Waals surface area contributed by atoms with Crippen LogP contribution in [-0.4, -0.2) is 59.4 Å². The van der Waals surface area contributed by atoms with Gasteiger partial charge in [-0.15, -0.1) is 0 Å². The first kappa shape index (κ1) is 21.6. The summed E-state index contributed by atoms with van der Waals surface area (Å²) in [5, 5.41) is 3.71. The number of carbonyl (C=O) groups is 1. The van der Waals surface area contributed by atoms with Crippen LogP contribution in [0.4, 0.5) is 11.5 Å². The fraction of sp³-hybridized carbons (Fsp3) is 0.450. The van der Waals surface area contributed by atoms with E-state index in [1.54, 1.807) is 18.5 Å². The lowest BCUT2D eigenvalue weighted by Crippen LogP contribution is -2.33. The van der Waals surface area contributed by atoms with Crippen LogP contribution in [0.25, 0.3) is 0 Å². The largest absolute Gasteiger partial charge is 0.494 e. The molecule has 2 aromatic rings. The van der Waals surface area contributed by atoms with Crippen LogP contribution in [-0.2, 0) is 4.79 Å². The van der Waals surface area contributed by atoms with Crippen LogP contribution in [0.2, 0.25) is 0 Å². The number of nitrogens with one attached hydrogen (secondary N) is 1. The van der Waals surface area contributed by atoms with Crippen molar-refractivity contribution in [1.29, 1.82) is 0 Å². The topological polar surface area (TPSA) is 76.6 Å². The SMILES string of the molecule is CCOc1ccc(OCC)c(NC(=O)CSc2nccnc2N2CCSCC2)c1. The molecule has 156 valence electrons. The van der Waals surface area contributed by atoms with Crippen molar-refractivity contribution in [3.63, 3.8) is 0 Å². The van der Waals surface area contributed by atoms with Gasteiger partial charge in [-0.05, 0) is 26.0 Å². The Bertz CT molecular complexity index is 816. The number of benzene rings is 1. The maximum absolute atomic E-state index is 12.6. The molecule has 0 radical (unpaired) electrons. The van der Waals surface area contributed by atoms with Crippen LogP contribution in [0.5, 0.6) is 11.5 Å². The highest BCUT2D eigenvalue weighted by atomic mass is 32.2. The second-order valence-electron chi connectivity index (χ2n) is 6.15. The van der Waals surface area contributed by atoms with Crippen molar-refractivity contribution < 1.29 is 14.3 Å². The van der Waals surface area contributed by atoms with E-state index in [4.69, 9.17) is 9.47 Å². The van der Waals surface area contributed by atoms with E-state index < -0.39 is 0 Å². The quantitative estimate of drug-likeness (QED) is 0.601. The fourth-order valence-electron chi connectivity index (χ4n) is 2.88. The van der Waals surface area contributed by atoms with Gasteiger partial charge in [0.1, 0.15) is 16.5 Å². The van der Waals surface area contributed by atoms with E-state index in [-0.39, 0.29) is 11.7 Å². The molecule has 1 fully saturated rings.